The van der Waals surface area contributed by atoms with Crippen LogP contribution in [-0.4, -0.2) is 17.0 Å². The predicted octanol–water partition coefficient (Wildman–Crippen LogP) is 2.29. The fraction of sp³-hybridized carbons (Fsp3) is 0.182. The Balaban J connectivity index is 2.63. The van der Waals surface area contributed by atoms with E-state index in [1.165, 1.54) is 6.07 Å². The maximum atomic E-state index is 10.8. The van der Waals surface area contributed by atoms with Crippen molar-refractivity contribution in [3.8, 4) is 0 Å². The summed E-state index contributed by atoms with van der Waals surface area (Å²) < 4.78 is 4.97. The van der Waals surface area contributed by atoms with Crippen LogP contribution in [0.25, 0.3) is 10.9 Å². The average molecular weight is 218 g/mol. The van der Waals surface area contributed by atoms with Crippen molar-refractivity contribution in [2.45, 2.75) is 6.61 Å². The average Bonchev–Trinajstić information content (AvgIpc) is 2.28. The molecule has 1 aromatic heterocycles. The van der Waals surface area contributed by atoms with E-state index in [1.54, 1.807) is 31.5 Å². The second-order valence-corrected chi connectivity index (χ2v) is 3.38. The van der Waals surface area contributed by atoms with Crippen LogP contribution in [0.15, 0.2) is 30.5 Å². The molecule has 5 heteroatoms. The van der Waals surface area contributed by atoms with Gasteiger partial charge in [0.25, 0.3) is 5.69 Å². The number of nitrogens with zero attached hydrogens (tertiary/aromatic N) is 2. The van der Waals surface area contributed by atoms with Gasteiger partial charge < -0.3 is 4.74 Å². The van der Waals surface area contributed by atoms with E-state index in [2.05, 4.69) is 4.98 Å². The number of non-ortho nitro benzene ring substituents is 1. The third-order valence-electron chi connectivity index (χ3n) is 2.27. The highest BCUT2D eigenvalue weighted by atomic mass is 16.6. The summed E-state index contributed by atoms with van der Waals surface area (Å²) in [6.07, 6.45) is 1.66. The van der Waals surface area contributed by atoms with Crippen LogP contribution in [0.5, 0.6) is 0 Å². The smallest absolute Gasteiger partial charge is 0.278 e. The number of benzene rings is 1. The lowest BCUT2D eigenvalue weighted by Gasteiger charge is -2.02. The zero-order valence-electron chi connectivity index (χ0n) is 8.71. The molecule has 0 fully saturated rings. The molecule has 0 saturated heterocycles. The Bertz CT molecular complexity index is 540. The number of fused-ring (bicyclic) bond motifs is 1. The van der Waals surface area contributed by atoms with Crippen molar-refractivity contribution in [1.82, 2.24) is 4.98 Å². The lowest BCUT2D eigenvalue weighted by Crippen LogP contribution is -1.93. The number of hydrogen-bond donors (Lipinski definition) is 0. The van der Waals surface area contributed by atoms with E-state index in [4.69, 9.17) is 4.74 Å². The van der Waals surface area contributed by atoms with Gasteiger partial charge in [-0.1, -0.05) is 6.07 Å². The molecule has 16 heavy (non-hydrogen) atoms. The quantitative estimate of drug-likeness (QED) is 0.585. The van der Waals surface area contributed by atoms with E-state index in [0.29, 0.717) is 17.5 Å². The van der Waals surface area contributed by atoms with E-state index in [1.807, 2.05) is 0 Å². The zero-order chi connectivity index (χ0) is 11.5. The molecule has 0 amide bonds. The summed E-state index contributed by atoms with van der Waals surface area (Å²) >= 11 is 0. The van der Waals surface area contributed by atoms with Gasteiger partial charge in [-0.3, -0.25) is 15.1 Å². The van der Waals surface area contributed by atoms with Crippen molar-refractivity contribution >= 4 is 16.6 Å². The second-order valence-electron chi connectivity index (χ2n) is 3.38. The monoisotopic (exact) mass is 218 g/mol. The van der Waals surface area contributed by atoms with Crippen molar-refractivity contribution in [1.29, 1.82) is 0 Å². The summed E-state index contributed by atoms with van der Waals surface area (Å²) in [7, 11) is 1.57. The van der Waals surface area contributed by atoms with E-state index in [-0.39, 0.29) is 5.69 Å². The number of nitro benzene ring substituents is 1. The minimum absolute atomic E-state index is 0.0722. The van der Waals surface area contributed by atoms with Crippen LogP contribution in [0, 0.1) is 10.1 Å². The first-order chi connectivity index (χ1) is 7.72. The minimum Gasteiger partial charge on any atom is -0.380 e. The van der Waals surface area contributed by atoms with Gasteiger partial charge in [-0.25, -0.2) is 0 Å². The van der Waals surface area contributed by atoms with E-state index in [0.717, 1.165) is 5.56 Å². The summed E-state index contributed by atoms with van der Waals surface area (Å²) in [5.41, 5.74) is 1.52. The third-order valence-corrected chi connectivity index (χ3v) is 2.27. The Kier molecular flexibility index (Phi) is 2.78. The van der Waals surface area contributed by atoms with Crippen LogP contribution >= 0.6 is 0 Å². The molecule has 0 aliphatic rings. The number of methoxy groups -OCH3 is 1. The standard InChI is InChI=1S/C11H10N2O3/c1-16-7-8-5-9-10(12-6-8)3-2-4-11(9)13(14)15/h2-6H,7H2,1H3. The molecule has 0 aliphatic heterocycles. The van der Waals surface area contributed by atoms with Crippen LogP contribution in [0.2, 0.25) is 0 Å². The van der Waals surface area contributed by atoms with Crippen LogP contribution in [0.1, 0.15) is 5.56 Å². The number of nitro groups is 1. The zero-order valence-corrected chi connectivity index (χ0v) is 8.71. The topological polar surface area (TPSA) is 65.3 Å². The number of pyridine rings is 1. The maximum Gasteiger partial charge on any atom is 0.278 e. The van der Waals surface area contributed by atoms with Crippen LogP contribution in [0.4, 0.5) is 5.69 Å². The molecule has 0 saturated carbocycles. The first-order valence-corrected chi connectivity index (χ1v) is 4.73. The Morgan fingerprint density at radius 2 is 2.31 bits per heavy atom. The van der Waals surface area contributed by atoms with Crippen molar-refractivity contribution in [2.24, 2.45) is 0 Å². The Labute approximate surface area is 91.8 Å². The molecule has 0 unspecified atom stereocenters. The van der Waals surface area contributed by atoms with Gasteiger partial charge in [0.15, 0.2) is 0 Å². The van der Waals surface area contributed by atoms with E-state index < -0.39 is 4.92 Å². The minimum atomic E-state index is -0.402. The molecular weight excluding hydrogens is 208 g/mol. The number of aromatic nitrogens is 1. The Hall–Kier alpha value is -2.01. The van der Waals surface area contributed by atoms with Gasteiger partial charge in [0.1, 0.15) is 0 Å². The predicted molar refractivity (Wildman–Crippen MR) is 59.1 cm³/mol. The molecule has 1 aromatic carbocycles. The number of rotatable bonds is 3. The fourth-order valence-corrected chi connectivity index (χ4v) is 1.58. The van der Waals surface area contributed by atoms with E-state index in [9.17, 15) is 10.1 Å². The molecule has 2 aromatic rings. The van der Waals surface area contributed by atoms with Gasteiger partial charge in [0, 0.05) is 19.4 Å². The van der Waals surface area contributed by atoms with Gasteiger partial charge in [0.2, 0.25) is 0 Å². The SMILES string of the molecule is COCc1cnc2cccc([N+](=O)[O-])c2c1. The number of hydrogen-bond acceptors (Lipinski definition) is 4. The summed E-state index contributed by atoms with van der Waals surface area (Å²) in [5, 5.41) is 11.4. The van der Waals surface area contributed by atoms with Gasteiger partial charge in [0.05, 0.1) is 22.4 Å². The summed E-state index contributed by atoms with van der Waals surface area (Å²) in [5.74, 6) is 0. The van der Waals surface area contributed by atoms with Crippen molar-refractivity contribution in [3.63, 3.8) is 0 Å². The van der Waals surface area contributed by atoms with Crippen LogP contribution in [-0.2, 0) is 11.3 Å². The molecular formula is C11H10N2O3. The molecule has 0 radical (unpaired) electrons. The lowest BCUT2D eigenvalue weighted by molar-refractivity contribution is -0.383. The van der Waals surface area contributed by atoms with Crippen LogP contribution in [0.3, 0.4) is 0 Å². The van der Waals surface area contributed by atoms with Crippen molar-refractivity contribution in [2.75, 3.05) is 7.11 Å². The first kappa shape index (κ1) is 10.5. The van der Waals surface area contributed by atoms with Crippen LogP contribution < -0.4 is 0 Å². The molecule has 0 aliphatic carbocycles. The Morgan fingerprint density at radius 3 is 3.00 bits per heavy atom. The highest BCUT2D eigenvalue weighted by molar-refractivity contribution is 5.88. The van der Waals surface area contributed by atoms with Gasteiger partial charge in [-0.2, -0.15) is 0 Å². The molecule has 82 valence electrons. The highest BCUT2D eigenvalue weighted by Gasteiger charge is 2.11. The summed E-state index contributed by atoms with van der Waals surface area (Å²) in [6, 6.07) is 6.59. The van der Waals surface area contributed by atoms with Gasteiger partial charge in [-0.05, 0) is 17.7 Å². The van der Waals surface area contributed by atoms with Gasteiger partial charge in [-0.15, -0.1) is 0 Å². The summed E-state index contributed by atoms with van der Waals surface area (Å²) in [4.78, 5) is 14.6. The molecule has 0 N–H and O–H groups in total. The second kappa shape index (κ2) is 4.24. The van der Waals surface area contributed by atoms with Gasteiger partial charge >= 0.3 is 0 Å². The largest absolute Gasteiger partial charge is 0.380 e. The molecule has 0 spiro atoms. The maximum absolute atomic E-state index is 10.8. The van der Waals surface area contributed by atoms with E-state index >= 15 is 0 Å². The molecule has 2 rings (SSSR count). The van der Waals surface area contributed by atoms with Crippen molar-refractivity contribution in [3.05, 3.63) is 46.1 Å². The normalized spacial score (nSPS) is 10.6. The molecule has 0 atom stereocenters. The third kappa shape index (κ3) is 1.85. The lowest BCUT2D eigenvalue weighted by atomic mass is 10.1. The molecule has 5 nitrogen and oxygen atoms in total. The van der Waals surface area contributed by atoms with Crippen molar-refractivity contribution < 1.29 is 9.66 Å². The summed E-state index contributed by atoms with van der Waals surface area (Å²) in [6.45, 7) is 0.398. The highest BCUT2D eigenvalue weighted by Crippen LogP contribution is 2.24. The number of ether oxygens (including phenoxy) is 1. The molecule has 1 heterocycles. The molecule has 0 bridgehead atoms. The first-order valence-electron chi connectivity index (χ1n) is 4.73. The fourth-order valence-electron chi connectivity index (χ4n) is 1.58. The Morgan fingerprint density at radius 1 is 1.50 bits per heavy atom.